The van der Waals surface area contributed by atoms with Crippen LogP contribution in [0, 0.1) is 5.92 Å². The average Bonchev–Trinajstić information content (AvgIpc) is 2.93. The third-order valence-electron chi connectivity index (χ3n) is 3.85. The molecule has 0 aromatic carbocycles. The Morgan fingerprint density at radius 2 is 2.00 bits per heavy atom. The molecular formula is C15H24ClN3. The summed E-state index contributed by atoms with van der Waals surface area (Å²) in [5.74, 6) is 2.17. The van der Waals surface area contributed by atoms with Crippen LogP contribution in [0.25, 0.3) is 0 Å². The van der Waals surface area contributed by atoms with Gasteiger partial charge in [-0.25, -0.2) is 0 Å². The number of nitrogens with zero attached hydrogens (tertiary/aromatic N) is 3. The first-order valence-electron chi connectivity index (χ1n) is 7.36. The van der Waals surface area contributed by atoms with Crippen LogP contribution in [0.3, 0.4) is 0 Å². The van der Waals surface area contributed by atoms with Gasteiger partial charge in [0.2, 0.25) is 0 Å². The Hall–Kier alpha value is -0.830. The quantitative estimate of drug-likeness (QED) is 0.738. The number of hydrogen-bond donors (Lipinski definition) is 0. The lowest BCUT2D eigenvalue weighted by atomic mass is 10.1. The predicted molar refractivity (Wildman–Crippen MR) is 80.6 cm³/mol. The van der Waals surface area contributed by atoms with Crippen molar-refractivity contribution in [2.24, 2.45) is 5.92 Å². The Kier molecular flexibility index (Phi) is 5.44. The minimum Gasteiger partial charge on any atom is -0.352 e. The highest BCUT2D eigenvalue weighted by Crippen LogP contribution is 2.27. The second-order valence-electron chi connectivity index (χ2n) is 5.83. The lowest BCUT2D eigenvalue weighted by Crippen LogP contribution is -2.35. The molecule has 0 radical (unpaired) electrons. The van der Waals surface area contributed by atoms with E-state index in [4.69, 9.17) is 11.6 Å². The molecule has 0 N–H and O–H groups in total. The van der Waals surface area contributed by atoms with Crippen LogP contribution >= 0.6 is 11.6 Å². The largest absolute Gasteiger partial charge is 0.352 e. The smallest absolute Gasteiger partial charge is 0.151 e. The Morgan fingerprint density at radius 3 is 2.53 bits per heavy atom. The Balaban J connectivity index is 2.09. The lowest BCUT2D eigenvalue weighted by molar-refractivity contribution is 0.523. The highest BCUT2D eigenvalue weighted by Gasteiger charge is 2.23. The molecule has 1 aromatic rings. The van der Waals surface area contributed by atoms with Gasteiger partial charge in [-0.05, 0) is 37.3 Å². The first kappa shape index (κ1) is 14.6. The van der Waals surface area contributed by atoms with Crippen molar-refractivity contribution < 1.29 is 0 Å². The first-order valence-corrected chi connectivity index (χ1v) is 7.89. The maximum Gasteiger partial charge on any atom is 0.151 e. The molecule has 0 spiro atoms. The fraction of sp³-hybridized carbons (Fsp3) is 0.733. The van der Waals surface area contributed by atoms with Crippen LogP contribution in [-0.2, 0) is 5.88 Å². The van der Waals surface area contributed by atoms with Gasteiger partial charge in [-0.1, -0.05) is 26.7 Å². The average molecular weight is 282 g/mol. The van der Waals surface area contributed by atoms with Crippen LogP contribution in [0.15, 0.2) is 12.1 Å². The van der Waals surface area contributed by atoms with Gasteiger partial charge in [0.25, 0.3) is 0 Å². The molecule has 1 aliphatic rings. The fourth-order valence-electron chi connectivity index (χ4n) is 2.67. The maximum atomic E-state index is 5.77. The summed E-state index contributed by atoms with van der Waals surface area (Å²) in [6.45, 7) is 5.63. The number of halogens is 1. The molecule has 3 nitrogen and oxygen atoms in total. The van der Waals surface area contributed by atoms with Crippen molar-refractivity contribution in [1.29, 1.82) is 0 Å². The molecule has 0 unspecified atom stereocenters. The van der Waals surface area contributed by atoms with Crippen LogP contribution in [0.4, 0.5) is 5.82 Å². The molecule has 0 saturated heterocycles. The standard InChI is InChI=1S/C15H24ClN3/c1-12(2)9-10-19(14-5-3-4-6-14)15-8-7-13(11-16)17-18-15/h7-8,12,14H,3-6,9-11H2,1-2H3. The SMILES string of the molecule is CC(C)CCN(c1ccc(CCl)nn1)C1CCCC1. The van der Waals surface area contributed by atoms with E-state index in [1.54, 1.807) is 0 Å². The summed E-state index contributed by atoms with van der Waals surface area (Å²) in [5, 5.41) is 8.56. The zero-order chi connectivity index (χ0) is 13.7. The monoisotopic (exact) mass is 281 g/mol. The molecule has 1 aromatic heterocycles. The number of alkyl halides is 1. The molecule has 0 bridgehead atoms. The molecule has 4 heteroatoms. The van der Waals surface area contributed by atoms with Crippen molar-refractivity contribution in [2.45, 2.75) is 57.9 Å². The van der Waals surface area contributed by atoms with Gasteiger partial charge in [0, 0.05) is 12.6 Å². The minimum atomic E-state index is 0.433. The van der Waals surface area contributed by atoms with Crippen LogP contribution in [0.2, 0.25) is 0 Å². The van der Waals surface area contributed by atoms with Crippen LogP contribution < -0.4 is 4.90 Å². The van der Waals surface area contributed by atoms with E-state index in [9.17, 15) is 0 Å². The van der Waals surface area contributed by atoms with E-state index in [-0.39, 0.29) is 0 Å². The van der Waals surface area contributed by atoms with Gasteiger partial charge in [0.05, 0.1) is 11.6 Å². The van der Waals surface area contributed by atoms with Crippen molar-refractivity contribution >= 4 is 17.4 Å². The molecular weight excluding hydrogens is 258 g/mol. The van der Waals surface area contributed by atoms with E-state index in [2.05, 4.69) is 35.0 Å². The predicted octanol–water partition coefficient (Wildman–Crippen LogP) is 4.01. The Labute approximate surface area is 121 Å². The molecule has 2 rings (SSSR count). The third-order valence-corrected chi connectivity index (χ3v) is 4.12. The maximum absolute atomic E-state index is 5.77. The molecule has 0 atom stereocenters. The summed E-state index contributed by atoms with van der Waals surface area (Å²) in [7, 11) is 0. The van der Waals surface area contributed by atoms with Gasteiger partial charge < -0.3 is 4.90 Å². The van der Waals surface area contributed by atoms with Crippen molar-refractivity contribution in [3.63, 3.8) is 0 Å². The molecule has 1 saturated carbocycles. The van der Waals surface area contributed by atoms with Crippen LogP contribution in [0.1, 0.15) is 51.6 Å². The lowest BCUT2D eigenvalue weighted by Gasteiger charge is -2.30. The van der Waals surface area contributed by atoms with Gasteiger partial charge in [0.1, 0.15) is 0 Å². The highest BCUT2D eigenvalue weighted by molar-refractivity contribution is 6.16. The summed E-state index contributed by atoms with van der Waals surface area (Å²) in [6, 6.07) is 4.71. The minimum absolute atomic E-state index is 0.433. The normalized spacial score (nSPS) is 16.2. The summed E-state index contributed by atoms with van der Waals surface area (Å²) < 4.78 is 0. The van der Waals surface area contributed by atoms with E-state index < -0.39 is 0 Å². The molecule has 1 aliphatic carbocycles. The van der Waals surface area contributed by atoms with Crippen molar-refractivity contribution in [2.75, 3.05) is 11.4 Å². The fourth-order valence-corrected chi connectivity index (χ4v) is 2.82. The molecule has 106 valence electrons. The number of hydrogen-bond acceptors (Lipinski definition) is 3. The molecule has 1 fully saturated rings. The summed E-state index contributed by atoms with van der Waals surface area (Å²) in [4.78, 5) is 2.46. The molecule has 19 heavy (non-hydrogen) atoms. The highest BCUT2D eigenvalue weighted by atomic mass is 35.5. The second-order valence-corrected chi connectivity index (χ2v) is 6.10. The van der Waals surface area contributed by atoms with E-state index in [0.29, 0.717) is 11.9 Å². The van der Waals surface area contributed by atoms with Gasteiger partial charge in [-0.2, -0.15) is 5.10 Å². The van der Waals surface area contributed by atoms with Gasteiger partial charge in [-0.3, -0.25) is 0 Å². The van der Waals surface area contributed by atoms with Crippen LogP contribution in [0.5, 0.6) is 0 Å². The number of rotatable bonds is 6. The van der Waals surface area contributed by atoms with Gasteiger partial charge >= 0.3 is 0 Å². The van der Waals surface area contributed by atoms with E-state index in [1.165, 1.54) is 32.1 Å². The third kappa shape index (κ3) is 4.07. The zero-order valence-electron chi connectivity index (χ0n) is 12.0. The van der Waals surface area contributed by atoms with E-state index in [1.807, 2.05) is 6.07 Å². The second kappa shape index (κ2) is 7.09. The van der Waals surface area contributed by atoms with E-state index >= 15 is 0 Å². The topological polar surface area (TPSA) is 29.0 Å². The molecule has 1 heterocycles. The Bertz CT molecular complexity index is 371. The number of anilines is 1. The summed E-state index contributed by atoms with van der Waals surface area (Å²) in [5.41, 5.74) is 0.848. The summed E-state index contributed by atoms with van der Waals surface area (Å²) >= 11 is 5.77. The van der Waals surface area contributed by atoms with Gasteiger partial charge in [0.15, 0.2) is 5.82 Å². The molecule has 0 aliphatic heterocycles. The zero-order valence-corrected chi connectivity index (χ0v) is 12.7. The molecule has 0 amide bonds. The van der Waals surface area contributed by atoms with Crippen molar-refractivity contribution in [3.8, 4) is 0 Å². The summed E-state index contributed by atoms with van der Waals surface area (Å²) in [6.07, 6.45) is 6.47. The number of aromatic nitrogens is 2. The van der Waals surface area contributed by atoms with Gasteiger partial charge in [-0.15, -0.1) is 16.7 Å². The van der Waals surface area contributed by atoms with E-state index in [0.717, 1.165) is 24.0 Å². The van der Waals surface area contributed by atoms with Crippen molar-refractivity contribution in [1.82, 2.24) is 10.2 Å². The van der Waals surface area contributed by atoms with Crippen LogP contribution in [-0.4, -0.2) is 22.8 Å². The van der Waals surface area contributed by atoms with Crippen molar-refractivity contribution in [3.05, 3.63) is 17.8 Å². The first-order chi connectivity index (χ1) is 9.20. The Morgan fingerprint density at radius 1 is 1.26 bits per heavy atom.